The minimum atomic E-state index is -1.48. The molecule has 3 heterocycles. The third kappa shape index (κ3) is 1.69. The Kier molecular flexibility index (Phi) is 2.41. The molecule has 8 heteroatoms. The first-order chi connectivity index (χ1) is 9.18. The molecule has 0 aromatic carbocycles. The quantitative estimate of drug-likeness (QED) is 0.781. The molecule has 0 bridgehead atoms. The maximum absolute atomic E-state index is 11.6. The second-order valence-corrected chi connectivity index (χ2v) is 3.85. The number of aliphatic imine (C=N–C) groups is 1. The molecule has 1 atom stereocenters. The van der Waals surface area contributed by atoms with Crippen molar-refractivity contribution in [2.75, 3.05) is 0 Å². The van der Waals surface area contributed by atoms with Crippen LogP contribution < -0.4 is 0 Å². The Morgan fingerprint density at radius 1 is 1.32 bits per heavy atom. The molecule has 1 N–H and O–H groups in total. The fourth-order valence-corrected chi connectivity index (χ4v) is 1.90. The van der Waals surface area contributed by atoms with Crippen molar-refractivity contribution in [2.45, 2.75) is 5.92 Å². The zero-order valence-electron chi connectivity index (χ0n) is 9.46. The summed E-state index contributed by atoms with van der Waals surface area (Å²) in [5, 5.41) is 16.2. The topological polar surface area (TPSA) is 110 Å². The number of carboxylic acid groups (broad SMARTS) is 1. The first-order valence-electron chi connectivity index (χ1n) is 5.35. The van der Waals surface area contributed by atoms with Crippen LogP contribution in [0, 0.1) is 0 Å². The third-order valence-corrected chi connectivity index (χ3v) is 2.76. The van der Waals surface area contributed by atoms with Crippen molar-refractivity contribution in [3.63, 3.8) is 0 Å². The molecule has 0 spiro atoms. The molecule has 3 rings (SSSR count). The molecule has 0 saturated heterocycles. The number of fused-ring (bicyclic) bond motifs is 1. The molecule has 2 aromatic heterocycles. The van der Waals surface area contributed by atoms with Crippen molar-refractivity contribution in [1.29, 1.82) is 0 Å². The van der Waals surface area contributed by atoms with Crippen molar-refractivity contribution in [3.05, 3.63) is 30.2 Å². The number of hydrogen-bond donors (Lipinski definition) is 1. The Labute approximate surface area is 106 Å². The molecular formula is C11H7N5O3. The summed E-state index contributed by atoms with van der Waals surface area (Å²) in [5.41, 5.74) is 0.945. The Morgan fingerprint density at radius 3 is 2.84 bits per heavy atom. The molecule has 8 nitrogen and oxygen atoms in total. The SMILES string of the molecule is O=C(O)C(=O)C1C=Nc2c1ccnc2-n1ccnn1. The van der Waals surface area contributed by atoms with Crippen LogP contribution in [0.25, 0.3) is 5.82 Å². The highest BCUT2D eigenvalue weighted by Gasteiger charge is 2.32. The highest BCUT2D eigenvalue weighted by Crippen LogP contribution is 2.35. The summed E-state index contributed by atoms with van der Waals surface area (Å²) in [6, 6.07) is 1.58. The Bertz CT molecular complexity index is 692. The van der Waals surface area contributed by atoms with Gasteiger partial charge in [0.2, 0.25) is 0 Å². The first kappa shape index (κ1) is 11.2. The average molecular weight is 257 g/mol. The average Bonchev–Trinajstić information content (AvgIpc) is 3.06. The monoisotopic (exact) mass is 257 g/mol. The number of carbonyl (C=O) groups excluding carboxylic acids is 1. The van der Waals surface area contributed by atoms with Crippen LogP contribution in [0.5, 0.6) is 0 Å². The molecule has 19 heavy (non-hydrogen) atoms. The highest BCUT2D eigenvalue weighted by atomic mass is 16.4. The first-order valence-corrected chi connectivity index (χ1v) is 5.35. The molecule has 0 aliphatic carbocycles. The molecule has 0 radical (unpaired) electrons. The Balaban J connectivity index is 2.10. The van der Waals surface area contributed by atoms with Gasteiger partial charge in [-0.25, -0.2) is 14.5 Å². The molecule has 1 aliphatic heterocycles. The van der Waals surface area contributed by atoms with Crippen LogP contribution in [0.3, 0.4) is 0 Å². The van der Waals surface area contributed by atoms with Crippen molar-refractivity contribution >= 4 is 23.7 Å². The summed E-state index contributed by atoms with van der Waals surface area (Å²) in [6.07, 6.45) is 5.86. The summed E-state index contributed by atoms with van der Waals surface area (Å²) in [4.78, 5) is 30.5. The number of nitrogens with zero attached hydrogens (tertiary/aromatic N) is 5. The van der Waals surface area contributed by atoms with Gasteiger partial charge in [-0.2, -0.15) is 0 Å². The van der Waals surface area contributed by atoms with E-state index in [1.54, 1.807) is 12.3 Å². The van der Waals surface area contributed by atoms with Crippen molar-refractivity contribution in [2.24, 2.45) is 4.99 Å². The van der Waals surface area contributed by atoms with Gasteiger partial charge in [-0.1, -0.05) is 5.21 Å². The number of rotatable bonds is 3. The minimum Gasteiger partial charge on any atom is -0.475 e. The van der Waals surface area contributed by atoms with Crippen LogP contribution in [0.1, 0.15) is 11.5 Å². The molecule has 1 aliphatic rings. The highest BCUT2D eigenvalue weighted by molar-refractivity contribution is 6.39. The Hall–Kier alpha value is -2.90. The van der Waals surface area contributed by atoms with Gasteiger partial charge in [0.15, 0.2) is 5.82 Å². The fourth-order valence-electron chi connectivity index (χ4n) is 1.90. The van der Waals surface area contributed by atoms with Gasteiger partial charge >= 0.3 is 5.97 Å². The van der Waals surface area contributed by atoms with Gasteiger partial charge < -0.3 is 5.11 Å². The maximum atomic E-state index is 11.6. The van der Waals surface area contributed by atoms with E-state index >= 15 is 0 Å². The van der Waals surface area contributed by atoms with E-state index in [1.807, 2.05) is 0 Å². The van der Waals surface area contributed by atoms with E-state index in [4.69, 9.17) is 5.11 Å². The van der Waals surface area contributed by atoms with E-state index in [-0.39, 0.29) is 0 Å². The minimum absolute atomic E-state index is 0.409. The zero-order valence-corrected chi connectivity index (χ0v) is 9.46. The van der Waals surface area contributed by atoms with E-state index < -0.39 is 17.7 Å². The number of aromatic nitrogens is 4. The van der Waals surface area contributed by atoms with Gasteiger partial charge in [-0.05, 0) is 11.6 Å². The van der Waals surface area contributed by atoms with Crippen LogP contribution in [-0.4, -0.2) is 43.1 Å². The normalized spacial score (nSPS) is 16.3. The van der Waals surface area contributed by atoms with E-state index in [1.165, 1.54) is 23.3 Å². The van der Waals surface area contributed by atoms with Crippen LogP contribution >= 0.6 is 0 Å². The van der Waals surface area contributed by atoms with Crippen molar-refractivity contribution in [1.82, 2.24) is 20.0 Å². The number of aliphatic carboxylic acids is 1. The molecule has 0 amide bonds. The van der Waals surface area contributed by atoms with E-state index in [0.29, 0.717) is 17.1 Å². The van der Waals surface area contributed by atoms with Crippen molar-refractivity contribution in [3.8, 4) is 5.82 Å². The predicted octanol–water partition coefficient (Wildman–Crippen LogP) is 0.115. The van der Waals surface area contributed by atoms with Crippen molar-refractivity contribution < 1.29 is 14.7 Å². The second-order valence-electron chi connectivity index (χ2n) is 3.85. The van der Waals surface area contributed by atoms with Gasteiger partial charge in [-0.15, -0.1) is 5.10 Å². The van der Waals surface area contributed by atoms with Crippen LogP contribution in [0.15, 0.2) is 29.6 Å². The Morgan fingerprint density at radius 2 is 2.16 bits per heavy atom. The summed E-state index contributed by atoms with van der Waals surface area (Å²) in [6.45, 7) is 0. The van der Waals surface area contributed by atoms with Gasteiger partial charge in [-0.3, -0.25) is 9.79 Å². The predicted molar refractivity (Wildman–Crippen MR) is 62.7 cm³/mol. The molecule has 0 saturated carbocycles. The van der Waals surface area contributed by atoms with Crippen LogP contribution in [0.2, 0.25) is 0 Å². The lowest BCUT2D eigenvalue weighted by Crippen LogP contribution is -2.21. The number of carboxylic acids is 1. The summed E-state index contributed by atoms with van der Waals surface area (Å²) < 4.78 is 1.41. The molecule has 0 fully saturated rings. The van der Waals surface area contributed by atoms with Gasteiger partial charge in [0.05, 0.1) is 18.3 Å². The lowest BCUT2D eigenvalue weighted by Gasteiger charge is -2.07. The molecular weight excluding hydrogens is 250 g/mol. The van der Waals surface area contributed by atoms with Gasteiger partial charge in [0.1, 0.15) is 5.69 Å². The largest absolute Gasteiger partial charge is 0.475 e. The number of carbonyl (C=O) groups is 2. The van der Waals surface area contributed by atoms with Crippen LogP contribution in [-0.2, 0) is 9.59 Å². The summed E-state index contributed by atoms with van der Waals surface area (Å²) in [7, 11) is 0. The number of Topliss-reactive ketones (excluding diaryl/α,β-unsaturated/α-hetero) is 1. The van der Waals surface area contributed by atoms with Gasteiger partial charge in [0, 0.05) is 12.4 Å². The molecule has 2 aromatic rings. The number of hydrogen-bond acceptors (Lipinski definition) is 6. The second kappa shape index (κ2) is 4.09. The maximum Gasteiger partial charge on any atom is 0.373 e. The zero-order chi connectivity index (χ0) is 13.4. The van der Waals surface area contributed by atoms with Crippen LogP contribution in [0.4, 0.5) is 5.69 Å². The molecule has 1 unspecified atom stereocenters. The smallest absolute Gasteiger partial charge is 0.373 e. The number of ketones is 1. The lowest BCUT2D eigenvalue weighted by atomic mass is 9.97. The summed E-state index contributed by atoms with van der Waals surface area (Å²) in [5.74, 6) is -2.87. The van der Waals surface area contributed by atoms with E-state index in [9.17, 15) is 9.59 Å². The lowest BCUT2D eigenvalue weighted by molar-refractivity contribution is -0.149. The van der Waals surface area contributed by atoms with Gasteiger partial charge in [0.25, 0.3) is 5.78 Å². The summed E-state index contributed by atoms with van der Waals surface area (Å²) >= 11 is 0. The fraction of sp³-hybridized carbons (Fsp3) is 0.0909. The van der Waals surface area contributed by atoms with E-state index in [0.717, 1.165) is 0 Å². The molecule has 94 valence electrons. The standard InChI is InChI=1S/C11H7N5O3/c17-9(11(18)19)7-5-13-8-6(7)1-2-12-10(8)16-4-3-14-15-16/h1-5,7H,(H,18,19). The number of pyridine rings is 1. The third-order valence-electron chi connectivity index (χ3n) is 2.76. The van der Waals surface area contributed by atoms with E-state index in [2.05, 4.69) is 20.3 Å².